The molecule has 1 aliphatic heterocycles. The lowest BCUT2D eigenvalue weighted by Crippen LogP contribution is -2.37. The van der Waals surface area contributed by atoms with Crippen molar-refractivity contribution >= 4 is 32.5 Å². The fourth-order valence-corrected chi connectivity index (χ4v) is 5.78. The zero-order valence-electron chi connectivity index (χ0n) is 14.5. The molecule has 0 N–H and O–H groups in total. The first-order chi connectivity index (χ1) is 12.4. The van der Waals surface area contributed by atoms with Crippen molar-refractivity contribution in [2.24, 2.45) is 7.05 Å². The molecule has 1 saturated heterocycles. The maximum absolute atomic E-state index is 13.0. The first-order valence-corrected chi connectivity index (χ1v) is 10.7. The zero-order chi connectivity index (χ0) is 18.5. The van der Waals surface area contributed by atoms with Crippen molar-refractivity contribution in [1.29, 1.82) is 0 Å². The Morgan fingerprint density at radius 3 is 2.65 bits per heavy atom. The molecule has 1 aliphatic rings. The molecule has 9 heteroatoms. The number of aryl methyl sites for hydroxylation is 2. The lowest BCUT2D eigenvalue weighted by Gasteiger charge is -2.30. The summed E-state index contributed by atoms with van der Waals surface area (Å²) in [6.07, 6.45) is 1.52. The lowest BCUT2D eigenvalue weighted by molar-refractivity contribution is 0.319. The third-order valence-corrected chi connectivity index (χ3v) is 7.86. The Labute approximate surface area is 154 Å². The highest BCUT2D eigenvalue weighted by Crippen LogP contribution is 2.32. The minimum atomic E-state index is -3.61. The van der Waals surface area contributed by atoms with E-state index in [9.17, 15) is 13.2 Å². The number of fused-ring (bicyclic) bond motifs is 1. The average molecular weight is 393 g/mol. The number of piperidine rings is 1. The molecule has 0 aliphatic carbocycles. The molecular weight excluding hydrogens is 374 g/mol. The van der Waals surface area contributed by atoms with Gasteiger partial charge in [0.25, 0.3) is 0 Å². The van der Waals surface area contributed by atoms with Crippen molar-refractivity contribution in [3.8, 4) is 0 Å². The highest BCUT2D eigenvalue weighted by molar-refractivity contribution is 7.89. The second-order valence-electron chi connectivity index (χ2n) is 6.56. The molecule has 0 unspecified atom stereocenters. The van der Waals surface area contributed by atoms with Crippen molar-refractivity contribution < 1.29 is 12.8 Å². The highest BCUT2D eigenvalue weighted by atomic mass is 32.2. The molecule has 0 spiro atoms. The Morgan fingerprint density at radius 1 is 1.27 bits per heavy atom. The molecule has 3 aromatic rings. The van der Waals surface area contributed by atoms with E-state index in [4.69, 9.17) is 4.42 Å². The second kappa shape index (κ2) is 6.33. The van der Waals surface area contributed by atoms with E-state index in [1.807, 2.05) is 12.3 Å². The van der Waals surface area contributed by atoms with Gasteiger partial charge < -0.3 is 4.42 Å². The number of aromatic nitrogens is 2. The first kappa shape index (κ1) is 17.4. The van der Waals surface area contributed by atoms with Gasteiger partial charge in [-0.05, 0) is 31.9 Å². The largest absolute Gasteiger partial charge is 0.419 e. The van der Waals surface area contributed by atoms with Crippen molar-refractivity contribution in [1.82, 2.24) is 13.9 Å². The van der Waals surface area contributed by atoms with Crippen LogP contribution in [0.25, 0.3) is 11.1 Å². The standard InChI is InChI=1S/C17H19N3O4S2/c1-11-10-25-16(18-11)12-5-7-20(8-6-12)26(22,23)13-3-4-14-15(9-13)24-17(21)19(14)2/h3-4,9-10,12H,5-8H2,1-2H3. The van der Waals surface area contributed by atoms with Gasteiger partial charge in [0.15, 0.2) is 5.58 Å². The van der Waals surface area contributed by atoms with E-state index in [1.165, 1.54) is 21.0 Å². The summed E-state index contributed by atoms with van der Waals surface area (Å²) in [5.41, 5.74) is 1.87. The van der Waals surface area contributed by atoms with Crippen LogP contribution in [0, 0.1) is 6.92 Å². The number of thiazole rings is 1. The van der Waals surface area contributed by atoms with E-state index in [2.05, 4.69) is 4.98 Å². The molecule has 0 atom stereocenters. The van der Waals surface area contributed by atoms with Crippen LogP contribution in [0.15, 0.2) is 37.7 Å². The predicted octanol–water partition coefficient (Wildman–Crippen LogP) is 2.46. The van der Waals surface area contributed by atoms with Gasteiger partial charge in [-0.1, -0.05) is 0 Å². The normalized spacial score (nSPS) is 17.2. The summed E-state index contributed by atoms with van der Waals surface area (Å²) in [6.45, 7) is 2.89. The third kappa shape index (κ3) is 2.89. The average Bonchev–Trinajstić information content (AvgIpc) is 3.18. The number of hydrogen-bond donors (Lipinski definition) is 0. The fourth-order valence-electron chi connectivity index (χ4n) is 3.33. The smallest absolute Gasteiger partial charge is 0.408 e. The van der Waals surface area contributed by atoms with E-state index in [0.717, 1.165) is 23.5 Å². The minimum Gasteiger partial charge on any atom is -0.408 e. The number of hydrogen-bond acceptors (Lipinski definition) is 6. The van der Waals surface area contributed by atoms with Gasteiger partial charge in [0, 0.05) is 43.2 Å². The van der Waals surface area contributed by atoms with Gasteiger partial charge in [-0.15, -0.1) is 11.3 Å². The van der Waals surface area contributed by atoms with Crippen LogP contribution >= 0.6 is 11.3 Å². The maximum Gasteiger partial charge on any atom is 0.419 e. The monoisotopic (exact) mass is 393 g/mol. The van der Waals surface area contributed by atoms with Gasteiger partial charge in [-0.25, -0.2) is 18.2 Å². The summed E-state index contributed by atoms with van der Waals surface area (Å²) in [5.74, 6) is -0.191. The molecule has 7 nitrogen and oxygen atoms in total. The number of sulfonamides is 1. The van der Waals surface area contributed by atoms with E-state index in [-0.39, 0.29) is 10.5 Å². The van der Waals surface area contributed by atoms with Crippen LogP contribution < -0.4 is 5.76 Å². The molecule has 0 bridgehead atoms. The van der Waals surface area contributed by atoms with Gasteiger partial charge >= 0.3 is 5.76 Å². The molecule has 1 aromatic carbocycles. The number of benzene rings is 1. The number of oxazole rings is 1. The summed E-state index contributed by atoms with van der Waals surface area (Å²) in [7, 11) is -2.02. The van der Waals surface area contributed by atoms with Crippen LogP contribution in [0.1, 0.15) is 29.5 Å². The van der Waals surface area contributed by atoms with Crippen LogP contribution in [0.3, 0.4) is 0 Å². The summed E-state index contributed by atoms with van der Waals surface area (Å²) < 4.78 is 33.9. The van der Waals surface area contributed by atoms with Crippen molar-refractivity contribution in [3.05, 3.63) is 44.8 Å². The number of rotatable bonds is 3. The highest BCUT2D eigenvalue weighted by Gasteiger charge is 2.31. The van der Waals surface area contributed by atoms with Crippen LogP contribution in [0.4, 0.5) is 0 Å². The molecule has 0 saturated carbocycles. The van der Waals surface area contributed by atoms with E-state index < -0.39 is 15.8 Å². The molecule has 0 amide bonds. The fraction of sp³-hybridized carbons (Fsp3) is 0.412. The molecule has 2 aromatic heterocycles. The summed E-state index contributed by atoms with van der Waals surface area (Å²) in [4.78, 5) is 16.3. The van der Waals surface area contributed by atoms with Gasteiger partial charge in [0.2, 0.25) is 10.0 Å². The van der Waals surface area contributed by atoms with Crippen LogP contribution in [0.2, 0.25) is 0 Å². The van der Waals surface area contributed by atoms with Crippen molar-refractivity contribution in [2.75, 3.05) is 13.1 Å². The lowest BCUT2D eigenvalue weighted by atomic mass is 9.99. The molecule has 0 radical (unpaired) electrons. The molecular formula is C17H19N3O4S2. The molecule has 3 heterocycles. The SMILES string of the molecule is Cc1csc(C2CCN(S(=O)(=O)c3ccc4c(c3)oc(=O)n4C)CC2)n1. The number of nitrogens with zero attached hydrogens (tertiary/aromatic N) is 3. The van der Waals surface area contributed by atoms with Crippen LogP contribution in [-0.4, -0.2) is 35.4 Å². The Bertz CT molecular complexity index is 1120. The van der Waals surface area contributed by atoms with Gasteiger partial charge in [0.1, 0.15) is 0 Å². The Morgan fingerprint density at radius 2 is 2.00 bits per heavy atom. The van der Waals surface area contributed by atoms with Gasteiger partial charge in [-0.2, -0.15) is 4.31 Å². The van der Waals surface area contributed by atoms with Crippen LogP contribution in [0.5, 0.6) is 0 Å². The van der Waals surface area contributed by atoms with E-state index in [1.54, 1.807) is 24.5 Å². The van der Waals surface area contributed by atoms with E-state index in [0.29, 0.717) is 24.5 Å². The summed E-state index contributed by atoms with van der Waals surface area (Å²) in [6, 6.07) is 4.57. The van der Waals surface area contributed by atoms with Gasteiger partial charge in [-0.3, -0.25) is 4.57 Å². The summed E-state index contributed by atoms with van der Waals surface area (Å²) >= 11 is 1.64. The minimum absolute atomic E-state index is 0.155. The molecule has 1 fully saturated rings. The molecule has 138 valence electrons. The van der Waals surface area contributed by atoms with Crippen LogP contribution in [-0.2, 0) is 17.1 Å². The second-order valence-corrected chi connectivity index (χ2v) is 9.39. The topological polar surface area (TPSA) is 85.4 Å². The van der Waals surface area contributed by atoms with Crippen molar-refractivity contribution in [3.63, 3.8) is 0 Å². The summed E-state index contributed by atoms with van der Waals surface area (Å²) in [5, 5.41) is 3.12. The third-order valence-electron chi connectivity index (χ3n) is 4.84. The molecule has 4 rings (SSSR count). The Kier molecular flexibility index (Phi) is 4.25. The van der Waals surface area contributed by atoms with E-state index >= 15 is 0 Å². The van der Waals surface area contributed by atoms with Gasteiger partial charge in [0.05, 0.1) is 15.4 Å². The first-order valence-electron chi connectivity index (χ1n) is 8.38. The predicted molar refractivity (Wildman–Crippen MR) is 99.0 cm³/mol. The molecule has 26 heavy (non-hydrogen) atoms. The zero-order valence-corrected chi connectivity index (χ0v) is 16.1. The Balaban J connectivity index is 1.56. The maximum atomic E-state index is 13.0. The van der Waals surface area contributed by atoms with Crippen molar-refractivity contribution in [2.45, 2.75) is 30.6 Å². The quantitative estimate of drug-likeness (QED) is 0.682. The Hall–Kier alpha value is -1.97.